The maximum Gasteiger partial charge on any atom is 0.142 e. The van der Waals surface area contributed by atoms with Gasteiger partial charge in [0.1, 0.15) is 12.4 Å². The highest BCUT2D eigenvalue weighted by molar-refractivity contribution is 9.10. The zero-order valence-electron chi connectivity index (χ0n) is 8.41. The number of hydrogen-bond acceptors (Lipinski definition) is 3. The van der Waals surface area contributed by atoms with Crippen molar-refractivity contribution in [2.75, 3.05) is 18.9 Å². The lowest BCUT2D eigenvalue weighted by Gasteiger charge is -2.12. The molecule has 1 saturated heterocycles. The third kappa shape index (κ3) is 2.86. The maximum absolute atomic E-state index is 5.81. The minimum atomic E-state index is 0.230. The Hall–Kier alpha value is -0.740. The number of rotatable bonds is 3. The molecule has 1 aliphatic rings. The lowest BCUT2D eigenvalue weighted by Crippen LogP contribution is -2.16. The molecule has 0 aromatic heterocycles. The number of nitrogen functional groups attached to an aromatic ring is 1. The van der Waals surface area contributed by atoms with E-state index in [-0.39, 0.29) is 6.10 Å². The molecule has 1 unspecified atom stereocenters. The van der Waals surface area contributed by atoms with Gasteiger partial charge in [0, 0.05) is 11.1 Å². The molecule has 82 valence electrons. The van der Waals surface area contributed by atoms with Crippen molar-refractivity contribution in [3.63, 3.8) is 0 Å². The Bertz CT molecular complexity index is 337. The summed E-state index contributed by atoms with van der Waals surface area (Å²) in [6.45, 7) is 1.44. The average molecular weight is 272 g/mol. The Morgan fingerprint density at radius 1 is 1.53 bits per heavy atom. The van der Waals surface area contributed by atoms with Gasteiger partial charge in [0.15, 0.2) is 0 Å². The van der Waals surface area contributed by atoms with Crippen LogP contribution in [0.15, 0.2) is 22.7 Å². The molecule has 0 saturated carbocycles. The lowest BCUT2D eigenvalue weighted by molar-refractivity contribution is 0.0682. The van der Waals surface area contributed by atoms with Gasteiger partial charge in [-0.1, -0.05) is 15.9 Å². The van der Waals surface area contributed by atoms with Gasteiger partial charge in [-0.05, 0) is 31.0 Å². The monoisotopic (exact) mass is 271 g/mol. The van der Waals surface area contributed by atoms with Crippen molar-refractivity contribution in [1.82, 2.24) is 0 Å². The molecule has 2 rings (SSSR count). The van der Waals surface area contributed by atoms with Crippen LogP contribution in [0.5, 0.6) is 5.75 Å². The van der Waals surface area contributed by atoms with Crippen molar-refractivity contribution in [2.45, 2.75) is 18.9 Å². The van der Waals surface area contributed by atoms with Gasteiger partial charge in [0.05, 0.1) is 11.8 Å². The minimum Gasteiger partial charge on any atom is -0.489 e. The van der Waals surface area contributed by atoms with Crippen LogP contribution in [0.25, 0.3) is 0 Å². The number of hydrogen-bond donors (Lipinski definition) is 1. The Labute approximate surface area is 97.7 Å². The summed E-state index contributed by atoms with van der Waals surface area (Å²) in [5.74, 6) is 0.730. The van der Waals surface area contributed by atoms with Crippen molar-refractivity contribution >= 4 is 21.6 Å². The molecule has 1 aromatic carbocycles. The fourth-order valence-electron chi connectivity index (χ4n) is 1.61. The Kier molecular flexibility index (Phi) is 3.49. The second-order valence-corrected chi connectivity index (χ2v) is 4.54. The summed E-state index contributed by atoms with van der Waals surface area (Å²) >= 11 is 3.35. The molecule has 0 amide bonds. The topological polar surface area (TPSA) is 44.5 Å². The fourth-order valence-corrected chi connectivity index (χ4v) is 1.99. The molecular weight excluding hydrogens is 258 g/mol. The number of halogens is 1. The van der Waals surface area contributed by atoms with E-state index in [1.165, 1.54) is 0 Å². The van der Waals surface area contributed by atoms with E-state index in [1.807, 2.05) is 18.2 Å². The van der Waals surface area contributed by atoms with E-state index < -0.39 is 0 Å². The van der Waals surface area contributed by atoms with Crippen molar-refractivity contribution < 1.29 is 9.47 Å². The number of anilines is 1. The van der Waals surface area contributed by atoms with Gasteiger partial charge in [0.2, 0.25) is 0 Å². The molecule has 0 radical (unpaired) electrons. The molecule has 1 aromatic rings. The van der Waals surface area contributed by atoms with Crippen LogP contribution < -0.4 is 10.5 Å². The van der Waals surface area contributed by atoms with Gasteiger partial charge >= 0.3 is 0 Å². The third-order valence-corrected chi connectivity index (χ3v) is 2.91. The van der Waals surface area contributed by atoms with Crippen molar-refractivity contribution in [1.29, 1.82) is 0 Å². The van der Waals surface area contributed by atoms with Crippen LogP contribution >= 0.6 is 15.9 Å². The molecule has 1 aliphatic heterocycles. The molecule has 15 heavy (non-hydrogen) atoms. The molecule has 1 heterocycles. The molecule has 0 bridgehead atoms. The molecule has 1 fully saturated rings. The average Bonchev–Trinajstić information content (AvgIpc) is 2.69. The van der Waals surface area contributed by atoms with Crippen LogP contribution in [0, 0.1) is 0 Å². The first-order valence-corrected chi connectivity index (χ1v) is 5.84. The van der Waals surface area contributed by atoms with Crippen LogP contribution in [0.4, 0.5) is 5.69 Å². The van der Waals surface area contributed by atoms with Crippen LogP contribution in [0.3, 0.4) is 0 Å². The Morgan fingerprint density at radius 3 is 3.07 bits per heavy atom. The first kappa shape index (κ1) is 10.8. The third-order valence-electron chi connectivity index (χ3n) is 2.42. The van der Waals surface area contributed by atoms with E-state index >= 15 is 0 Å². The SMILES string of the molecule is Nc1cc(Br)ccc1OCC1CCCO1. The minimum absolute atomic E-state index is 0.230. The van der Waals surface area contributed by atoms with Crippen molar-refractivity contribution in [2.24, 2.45) is 0 Å². The molecule has 0 aliphatic carbocycles. The standard InChI is InChI=1S/C11H14BrNO2/c12-8-3-4-11(10(13)6-8)15-7-9-2-1-5-14-9/h3-4,6,9H,1-2,5,7,13H2. The van der Waals surface area contributed by atoms with Crippen molar-refractivity contribution in [3.05, 3.63) is 22.7 Å². The van der Waals surface area contributed by atoms with Gasteiger partial charge in [-0.3, -0.25) is 0 Å². The van der Waals surface area contributed by atoms with Gasteiger partial charge in [-0.25, -0.2) is 0 Å². The molecular formula is C11H14BrNO2. The lowest BCUT2D eigenvalue weighted by atomic mass is 10.2. The zero-order chi connectivity index (χ0) is 10.7. The van der Waals surface area contributed by atoms with E-state index in [0.29, 0.717) is 12.3 Å². The van der Waals surface area contributed by atoms with E-state index in [4.69, 9.17) is 15.2 Å². The highest BCUT2D eigenvalue weighted by Crippen LogP contribution is 2.26. The van der Waals surface area contributed by atoms with Crippen LogP contribution in [-0.4, -0.2) is 19.3 Å². The summed E-state index contributed by atoms with van der Waals surface area (Å²) in [6, 6.07) is 5.63. The van der Waals surface area contributed by atoms with E-state index in [0.717, 1.165) is 29.7 Å². The first-order valence-electron chi connectivity index (χ1n) is 5.05. The Morgan fingerprint density at radius 2 is 2.40 bits per heavy atom. The molecule has 3 nitrogen and oxygen atoms in total. The fraction of sp³-hybridized carbons (Fsp3) is 0.455. The smallest absolute Gasteiger partial charge is 0.142 e. The van der Waals surface area contributed by atoms with Gasteiger partial charge in [-0.2, -0.15) is 0 Å². The first-order chi connectivity index (χ1) is 7.25. The predicted octanol–water partition coefficient (Wildman–Crippen LogP) is 2.59. The predicted molar refractivity (Wildman–Crippen MR) is 63.0 cm³/mol. The van der Waals surface area contributed by atoms with Crippen LogP contribution in [-0.2, 0) is 4.74 Å². The Balaban J connectivity index is 1.92. The van der Waals surface area contributed by atoms with Crippen LogP contribution in [0.1, 0.15) is 12.8 Å². The summed E-state index contributed by atoms with van der Waals surface area (Å²) in [5, 5.41) is 0. The highest BCUT2D eigenvalue weighted by Gasteiger charge is 2.16. The van der Waals surface area contributed by atoms with E-state index in [1.54, 1.807) is 0 Å². The molecule has 4 heteroatoms. The quantitative estimate of drug-likeness (QED) is 0.860. The molecule has 0 spiro atoms. The molecule has 1 atom stereocenters. The normalized spacial score (nSPS) is 20.5. The summed E-state index contributed by atoms with van der Waals surface area (Å²) in [7, 11) is 0. The number of benzene rings is 1. The van der Waals surface area contributed by atoms with Gasteiger partial charge < -0.3 is 15.2 Å². The summed E-state index contributed by atoms with van der Waals surface area (Å²) in [6.07, 6.45) is 2.44. The molecule has 2 N–H and O–H groups in total. The largest absolute Gasteiger partial charge is 0.489 e. The van der Waals surface area contributed by atoms with Gasteiger partial charge in [0.25, 0.3) is 0 Å². The van der Waals surface area contributed by atoms with Crippen molar-refractivity contribution in [3.8, 4) is 5.75 Å². The van der Waals surface area contributed by atoms with Gasteiger partial charge in [-0.15, -0.1) is 0 Å². The second-order valence-electron chi connectivity index (χ2n) is 3.63. The number of nitrogens with two attached hydrogens (primary N) is 1. The van der Waals surface area contributed by atoms with E-state index in [9.17, 15) is 0 Å². The van der Waals surface area contributed by atoms with Crippen LogP contribution in [0.2, 0.25) is 0 Å². The second kappa shape index (κ2) is 4.86. The maximum atomic E-state index is 5.81. The summed E-state index contributed by atoms with van der Waals surface area (Å²) in [4.78, 5) is 0. The summed E-state index contributed by atoms with van der Waals surface area (Å²) in [5.41, 5.74) is 6.47. The summed E-state index contributed by atoms with van der Waals surface area (Å²) < 4.78 is 12.0. The number of ether oxygens (including phenoxy) is 2. The zero-order valence-corrected chi connectivity index (χ0v) is 10.00. The van der Waals surface area contributed by atoms with E-state index in [2.05, 4.69) is 15.9 Å². The highest BCUT2D eigenvalue weighted by atomic mass is 79.9.